The van der Waals surface area contributed by atoms with Gasteiger partial charge in [0.05, 0.1) is 28.4 Å². The molecule has 0 aliphatic heterocycles. The van der Waals surface area contributed by atoms with Gasteiger partial charge in [0, 0.05) is 23.9 Å². The van der Waals surface area contributed by atoms with Gasteiger partial charge in [-0.15, -0.1) is 11.3 Å². The van der Waals surface area contributed by atoms with E-state index in [1.165, 1.54) is 11.3 Å². The summed E-state index contributed by atoms with van der Waals surface area (Å²) in [6.07, 6.45) is 3.57. The molecule has 1 amide bonds. The molecule has 10 heteroatoms. The molecule has 0 saturated heterocycles. The number of benzene rings is 1. The van der Waals surface area contributed by atoms with Gasteiger partial charge in [0.1, 0.15) is 21.4 Å². The first kappa shape index (κ1) is 25.0. The van der Waals surface area contributed by atoms with Crippen LogP contribution in [0.25, 0.3) is 32.9 Å². The minimum atomic E-state index is -1.23. The second-order valence-corrected chi connectivity index (χ2v) is 11.0. The highest BCUT2D eigenvalue weighted by atomic mass is 32.2. The van der Waals surface area contributed by atoms with Gasteiger partial charge < -0.3 is 20.9 Å². The number of unbranched alkanes of at least 4 members (excludes halogenated alkanes) is 1. The molecule has 1 aromatic carbocycles. The number of rotatable bonds is 10. The van der Waals surface area contributed by atoms with Crippen molar-refractivity contribution in [2.24, 2.45) is 0 Å². The number of thiazole rings is 1. The van der Waals surface area contributed by atoms with Crippen molar-refractivity contribution in [1.29, 1.82) is 0 Å². The molecule has 4 N–H and O–H groups in total. The summed E-state index contributed by atoms with van der Waals surface area (Å²) in [4.78, 5) is 26.2. The van der Waals surface area contributed by atoms with Crippen molar-refractivity contribution in [3.05, 3.63) is 47.5 Å². The number of aromatic amines is 1. The minimum absolute atomic E-state index is 0.0216. The number of H-pyrrole nitrogens is 1. The molecule has 0 saturated carbocycles. The van der Waals surface area contributed by atoms with Gasteiger partial charge in [-0.1, -0.05) is 37.6 Å². The number of nitrogen functional groups attached to an aromatic ring is 1. The predicted octanol–water partition coefficient (Wildman–Crippen LogP) is 4.02. The SMILES string of the molecule is CCCCS(=O)c1[nH]c2nc(-c3nccs3)cc(-c3ccc(CNC(=O)CN(C)C)cc3)c2c1N. The molecule has 0 aliphatic rings. The van der Waals surface area contributed by atoms with Crippen molar-refractivity contribution in [3.63, 3.8) is 0 Å². The van der Waals surface area contributed by atoms with Gasteiger partial charge in [0.25, 0.3) is 0 Å². The Labute approximate surface area is 211 Å². The number of anilines is 1. The molecule has 3 aromatic heterocycles. The Bertz CT molecular complexity index is 1330. The Morgan fingerprint density at radius 1 is 1.26 bits per heavy atom. The van der Waals surface area contributed by atoms with Crippen molar-refractivity contribution < 1.29 is 9.00 Å². The first-order chi connectivity index (χ1) is 16.9. The normalized spacial score (nSPS) is 12.3. The summed E-state index contributed by atoms with van der Waals surface area (Å²) < 4.78 is 12.9. The van der Waals surface area contributed by atoms with E-state index in [1.54, 1.807) is 6.20 Å². The van der Waals surface area contributed by atoms with E-state index in [2.05, 4.69) is 22.2 Å². The lowest BCUT2D eigenvalue weighted by atomic mass is 10.0. The lowest BCUT2D eigenvalue weighted by Crippen LogP contribution is -2.32. The lowest BCUT2D eigenvalue weighted by molar-refractivity contribution is -0.121. The topological polar surface area (TPSA) is 117 Å². The number of aromatic nitrogens is 3. The maximum atomic E-state index is 12.9. The summed E-state index contributed by atoms with van der Waals surface area (Å²) in [5, 5.41) is 6.93. The number of hydrogen-bond acceptors (Lipinski definition) is 7. The Morgan fingerprint density at radius 3 is 2.69 bits per heavy atom. The van der Waals surface area contributed by atoms with Crippen LogP contribution in [-0.4, -0.2) is 56.4 Å². The molecular weight excluding hydrogens is 480 g/mol. The number of fused-ring (bicyclic) bond motifs is 1. The standard InChI is InChI=1S/C25H30N6O2S2/c1-4-5-12-35(33)25-22(26)21-18(13-19(29-23(21)30-25)24-27-10-11-34-24)17-8-6-16(7-9-17)14-28-20(32)15-31(2)3/h6-11,13H,4-5,12,14-15,26H2,1-3H3,(H,28,32)(H,29,30). The van der Waals surface area contributed by atoms with Crippen LogP contribution in [0.5, 0.6) is 0 Å². The van der Waals surface area contributed by atoms with Crippen LogP contribution in [-0.2, 0) is 22.1 Å². The molecule has 0 aliphatic carbocycles. The van der Waals surface area contributed by atoms with E-state index in [4.69, 9.17) is 10.7 Å². The van der Waals surface area contributed by atoms with E-state index in [0.29, 0.717) is 35.2 Å². The fourth-order valence-electron chi connectivity index (χ4n) is 3.79. The summed E-state index contributed by atoms with van der Waals surface area (Å²) >= 11 is 1.51. The molecule has 8 nitrogen and oxygen atoms in total. The second-order valence-electron chi connectivity index (χ2n) is 8.60. The molecule has 0 spiro atoms. The van der Waals surface area contributed by atoms with Crippen molar-refractivity contribution in [3.8, 4) is 21.8 Å². The Kier molecular flexibility index (Phi) is 7.94. The summed E-state index contributed by atoms with van der Waals surface area (Å²) in [5.74, 6) is 0.530. The zero-order valence-electron chi connectivity index (χ0n) is 20.1. The maximum absolute atomic E-state index is 12.9. The monoisotopic (exact) mass is 510 g/mol. The summed E-state index contributed by atoms with van der Waals surface area (Å²) in [6.45, 7) is 2.88. The molecule has 1 unspecified atom stereocenters. The Hall–Kier alpha value is -3.08. The summed E-state index contributed by atoms with van der Waals surface area (Å²) in [5.41, 5.74) is 11.2. The number of nitrogens with zero attached hydrogens (tertiary/aromatic N) is 3. The maximum Gasteiger partial charge on any atom is 0.234 e. The second kappa shape index (κ2) is 11.1. The highest BCUT2D eigenvalue weighted by Crippen LogP contribution is 2.38. The van der Waals surface area contributed by atoms with Crippen LogP contribution < -0.4 is 11.1 Å². The number of nitrogens with one attached hydrogen (secondary N) is 2. The number of carbonyl (C=O) groups is 1. The van der Waals surface area contributed by atoms with Crippen LogP contribution in [0.2, 0.25) is 0 Å². The third-order valence-corrected chi connectivity index (χ3v) is 7.77. The van der Waals surface area contributed by atoms with E-state index >= 15 is 0 Å². The van der Waals surface area contributed by atoms with E-state index < -0.39 is 10.8 Å². The van der Waals surface area contributed by atoms with Crippen LogP contribution in [0.3, 0.4) is 0 Å². The number of carbonyl (C=O) groups excluding carboxylic acids is 1. The number of amides is 1. The minimum Gasteiger partial charge on any atom is -0.396 e. The molecule has 1 atom stereocenters. The third kappa shape index (κ3) is 5.77. The highest BCUT2D eigenvalue weighted by Gasteiger charge is 2.20. The van der Waals surface area contributed by atoms with Crippen molar-refractivity contribution in [2.75, 3.05) is 32.1 Å². The van der Waals surface area contributed by atoms with Crippen LogP contribution in [0.1, 0.15) is 25.3 Å². The van der Waals surface area contributed by atoms with Crippen molar-refractivity contribution in [1.82, 2.24) is 25.2 Å². The summed E-state index contributed by atoms with van der Waals surface area (Å²) in [6, 6.07) is 9.98. The van der Waals surface area contributed by atoms with Gasteiger partial charge in [-0.2, -0.15) is 0 Å². The zero-order valence-corrected chi connectivity index (χ0v) is 21.8. The Morgan fingerprint density at radius 2 is 2.03 bits per heavy atom. The van der Waals surface area contributed by atoms with Crippen LogP contribution >= 0.6 is 11.3 Å². The predicted molar refractivity (Wildman–Crippen MR) is 144 cm³/mol. The van der Waals surface area contributed by atoms with Gasteiger partial charge >= 0.3 is 0 Å². The number of hydrogen-bond donors (Lipinski definition) is 3. The van der Waals surface area contributed by atoms with Gasteiger partial charge in [-0.25, -0.2) is 9.97 Å². The van der Waals surface area contributed by atoms with Gasteiger partial charge in [-0.3, -0.25) is 9.00 Å². The van der Waals surface area contributed by atoms with Crippen molar-refractivity contribution in [2.45, 2.75) is 31.3 Å². The van der Waals surface area contributed by atoms with E-state index in [1.807, 2.05) is 54.7 Å². The number of likely N-dealkylation sites (N-methyl/N-ethyl adjacent to an activating group) is 1. The average molecular weight is 511 g/mol. The molecular formula is C25H30N6O2S2. The van der Waals surface area contributed by atoms with E-state index in [-0.39, 0.29) is 5.91 Å². The fourth-order valence-corrected chi connectivity index (χ4v) is 5.70. The summed E-state index contributed by atoms with van der Waals surface area (Å²) in [7, 11) is 2.50. The molecule has 35 heavy (non-hydrogen) atoms. The molecule has 0 radical (unpaired) electrons. The Balaban J connectivity index is 1.71. The van der Waals surface area contributed by atoms with Gasteiger partial charge in [0.15, 0.2) is 0 Å². The third-order valence-electron chi connectivity index (χ3n) is 5.54. The highest BCUT2D eigenvalue weighted by molar-refractivity contribution is 7.85. The molecule has 4 rings (SSSR count). The number of pyridine rings is 1. The zero-order chi connectivity index (χ0) is 24.9. The first-order valence-corrected chi connectivity index (χ1v) is 13.7. The fraction of sp³-hybridized carbons (Fsp3) is 0.320. The van der Waals surface area contributed by atoms with E-state index in [0.717, 1.165) is 45.6 Å². The quantitative estimate of drug-likeness (QED) is 0.297. The largest absolute Gasteiger partial charge is 0.396 e. The molecule has 0 fully saturated rings. The van der Waals surface area contributed by atoms with E-state index in [9.17, 15) is 9.00 Å². The number of nitrogens with two attached hydrogens (primary N) is 1. The van der Waals surface area contributed by atoms with Crippen LogP contribution in [0.4, 0.5) is 5.69 Å². The van der Waals surface area contributed by atoms with Crippen molar-refractivity contribution >= 4 is 44.8 Å². The van der Waals surface area contributed by atoms with Gasteiger partial charge in [-0.05, 0) is 43.3 Å². The molecule has 0 bridgehead atoms. The first-order valence-electron chi connectivity index (χ1n) is 11.5. The average Bonchev–Trinajstić information content (AvgIpc) is 3.49. The van der Waals surface area contributed by atoms with Gasteiger partial charge in [0.2, 0.25) is 5.91 Å². The smallest absolute Gasteiger partial charge is 0.234 e. The van der Waals surface area contributed by atoms with Crippen LogP contribution in [0, 0.1) is 0 Å². The molecule has 184 valence electrons. The van der Waals surface area contributed by atoms with Crippen LogP contribution in [0.15, 0.2) is 46.9 Å². The molecule has 3 heterocycles. The molecule has 4 aromatic rings. The lowest BCUT2D eigenvalue weighted by Gasteiger charge is -2.11.